The van der Waals surface area contributed by atoms with Gasteiger partial charge in [-0.05, 0) is 18.9 Å². The van der Waals surface area contributed by atoms with E-state index in [4.69, 9.17) is 5.11 Å². The molecule has 0 saturated carbocycles. The van der Waals surface area contributed by atoms with Gasteiger partial charge >= 0.3 is 0 Å². The molecule has 1 aliphatic heterocycles. The Morgan fingerprint density at radius 1 is 1.26 bits per heavy atom. The lowest BCUT2D eigenvalue weighted by Gasteiger charge is -2.34. The van der Waals surface area contributed by atoms with Gasteiger partial charge in [-0.1, -0.05) is 19.6 Å². The van der Waals surface area contributed by atoms with Crippen molar-refractivity contribution in [1.29, 1.82) is 0 Å². The molecule has 4 nitrogen and oxygen atoms in total. The van der Waals surface area contributed by atoms with Gasteiger partial charge in [0.15, 0.2) is 0 Å². The molecule has 0 aliphatic carbocycles. The monoisotopic (exact) mass is 265 g/mol. The predicted molar refractivity (Wildman–Crippen MR) is 81.6 cm³/mol. The smallest absolute Gasteiger partial charge is 0.0558 e. The molecule has 19 heavy (non-hydrogen) atoms. The van der Waals surface area contributed by atoms with Gasteiger partial charge in [-0.15, -0.1) is 0 Å². The Morgan fingerprint density at radius 3 is 2.42 bits per heavy atom. The van der Waals surface area contributed by atoms with Crippen molar-refractivity contribution in [2.75, 3.05) is 45.9 Å². The van der Waals surface area contributed by atoms with Crippen LogP contribution in [0, 0.1) is 0 Å². The molecule has 0 radical (unpaired) electrons. The quantitative estimate of drug-likeness (QED) is 0.560. The van der Waals surface area contributed by atoms with Crippen molar-refractivity contribution >= 4 is 5.71 Å². The van der Waals surface area contributed by atoms with Gasteiger partial charge in [-0.25, -0.2) is 0 Å². The van der Waals surface area contributed by atoms with E-state index >= 15 is 0 Å². The number of β-amino-alcohol motifs (C(OH)–C–C–N with tert-alkyl or cyclic N) is 1. The number of nitrogens with zero attached hydrogens (tertiary/aromatic N) is 3. The number of piperazine rings is 1. The van der Waals surface area contributed by atoms with E-state index in [1.165, 1.54) is 5.57 Å². The third kappa shape index (κ3) is 6.14. The molecular weight excluding hydrogens is 238 g/mol. The predicted octanol–water partition coefficient (Wildman–Crippen LogP) is 1.54. The van der Waals surface area contributed by atoms with Crippen LogP contribution in [0.5, 0.6) is 0 Å². The second-order valence-corrected chi connectivity index (χ2v) is 4.97. The van der Waals surface area contributed by atoms with E-state index < -0.39 is 0 Å². The lowest BCUT2D eigenvalue weighted by molar-refractivity contribution is 0.119. The summed E-state index contributed by atoms with van der Waals surface area (Å²) in [5.41, 5.74) is 2.32. The van der Waals surface area contributed by atoms with Crippen molar-refractivity contribution in [3.63, 3.8) is 0 Å². The van der Waals surface area contributed by atoms with Gasteiger partial charge < -0.3 is 5.11 Å². The summed E-state index contributed by atoms with van der Waals surface area (Å²) in [6.07, 6.45) is 4.82. The normalized spacial score (nSPS) is 19.7. The number of hydrogen-bond acceptors (Lipinski definition) is 4. The SMILES string of the molecule is C=C/C(=C\N=C(C)CC)CN1CCN(CCO)CC1. The summed E-state index contributed by atoms with van der Waals surface area (Å²) in [5.74, 6) is 0. The fraction of sp³-hybridized carbons (Fsp3) is 0.667. The summed E-state index contributed by atoms with van der Waals surface area (Å²) >= 11 is 0. The molecule has 0 aromatic carbocycles. The van der Waals surface area contributed by atoms with E-state index in [2.05, 4.69) is 28.3 Å². The second-order valence-electron chi connectivity index (χ2n) is 4.97. The van der Waals surface area contributed by atoms with E-state index in [1.807, 2.05) is 19.2 Å². The van der Waals surface area contributed by atoms with E-state index in [0.29, 0.717) is 0 Å². The molecule has 108 valence electrons. The number of aliphatic hydroxyl groups excluding tert-OH is 1. The van der Waals surface area contributed by atoms with Gasteiger partial charge in [0, 0.05) is 51.2 Å². The molecule has 1 N–H and O–H groups in total. The first-order chi connectivity index (χ1) is 9.19. The van der Waals surface area contributed by atoms with Crippen LogP contribution in [-0.2, 0) is 0 Å². The minimum Gasteiger partial charge on any atom is -0.395 e. The van der Waals surface area contributed by atoms with Gasteiger partial charge in [0.25, 0.3) is 0 Å². The molecule has 0 aromatic rings. The Kier molecular flexibility index (Phi) is 7.63. The average Bonchev–Trinajstić information content (AvgIpc) is 2.45. The highest BCUT2D eigenvalue weighted by atomic mass is 16.3. The summed E-state index contributed by atoms with van der Waals surface area (Å²) in [7, 11) is 0. The molecule has 1 heterocycles. The third-order valence-corrected chi connectivity index (χ3v) is 3.51. The second kappa shape index (κ2) is 9.02. The van der Waals surface area contributed by atoms with Crippen LogP contribution in [-0.4, -0.2) is 66.5 Å². The first-order valence-electron chi connectivity index (χ1n) is 7.10. The molecule has 4 heteroatoms. The highest BCUT2D eigenvalue weighted by Crippen LogP contribution is 2.06. The number of hydrogen-bond donors (Lipinski definition) is 1. The summed E-state index contributed by atoms with van der Waals surface area (Å²) in [6.45, 7) is 14.1. The molecule has 0 aromatic heterocycles. The van der Waals surface area contributed by atoms with Crippen LogP contribution >= 0.6 is 0 Å². The summed E-state index contributed by atoms with van der Waals surface area (Å²) in [5, 5.41) is 8.92. The van der Waals surface area contributed by atoms with Crippen LogP contribution in [0.2, 0.25) is 0 Å². The standard InChI is InChI=1S/C15H27N3O/c1-4-14(3)16-12-15(5-2)13-18-8-6-17(7-9-18)10-11-19/h5,12,19H,2,4,6-11,13H2,1,3H3/b15-12+,16-14?. The molecule has 1 saturated heterocycles. The summed E-state index contributed by atoms with van der Waals surface area (Å²) < 4.78 is 0. The van der Waals surface area contributed by atoms with Gasteiger partial charge in [0.2, 0.25) is 0 Å². The highest BCUT2D eigenvalue weighted by Gasteiger charge is 2.16. The van der Waals surface area contributed by atoms with Crippen molar-refractivity contribution in [1.82, 2.24) is 9.80 Å². The number of aliphatic imine (C=N–C) groups is 1. The fourth-order valence-electron chi connectivity index (χ4n) is 2.01. The third-order valence-electron chi connectivity index (χ3n) is 3.51. The maximum absolute atomic E-state index is 8.92. The Balaban J connectivity index is 2.43. The van der Waals surface area contributed by atoms with Crippen LogP contribution in [0.25, 0.3) is 0 Å². The topological polar surface area (TPSA) is 39.1 Å². The molecule has 1 fully saturated rings. The molecule has 0 amide bonds. The molecule has 0 unspecified atom stereocenters. The van der Waals surface area contributed by atoms with E-state index in [1.54, 1.807) is 0 Å². The number of rotatable bonds is 7. The number of aliphatic hydroxyl groups is 1. The maximum Gasteiger partial charge on any atom is 0.0558 e. The average molecular weight is 265 g/mol. The first kappa shape index (κ1) is 16.1. The maximum atomic E-state index is 8.92. The van der Waals surface area contributed by atoms with Gasteiger partial charge in [-0.2, -0.15) is 0 Å². The molecule has 0 bridgehead atoms. The lowest BCUT2D eigenvalue weighted by Crippen LogP contribution is -2.47. The lowest BCUT2D eigenvalue weighted by atomic mass is 10.2. The zero-order valence-corrected chi connectivity index (χ0v) is 12.3. The highest BCUT2D eigenvalue weighted by molar-refractivity contribution is 5.82. The van der Waals surface area contributed by atoms with E-state index in [0.717, 1.165) is 51.4 Å². The van der Waals surface area contributed by atoms with Crippen LogP contribution in [0.1, 0.15) is 20.3 Å². The van der Waals surface area contributed by atoms with Crippen molar-refractivity contribution in [2.24, 2.45) is 4.99 Å². The van der Waals surface area contributed by atoms with Gasteiger partial charge in [0.05, 0.1) is 6.61 Å². The first-order valence-corrected chi connectivity index (χ1v) is 7.10. The minimum absolute atomic E-state index is 0.253. The molecule has 1 rings (SSSR count). The van der Waals surface area contributed by atoms with Crippen molar-refractivity contribution in [3.05, 3.63) is 24.4 Å². The Hall–Kier alpha value is -0.970. The van der Waals surface area contributed by atoms with Crippen LogP contribution in [0.3, 0.4) is 0 Å². The van der Waals surface area contributed by atoms with Gasteiger partial charge in [0.1, 0.15) is 0 Å². The summed E-state index contributed by atoms with van der Waals surface area (Å²) in [4.78, 5) is 9.15. The zero-order valence-electron chi connectivity index (χ0n) is 12.3. The van der Waals surface area contributed by atoms with Crippen molar-refractivity contribution < 1.29 is 5.11 Å². The van der Waals surface area contributed by atoms with Crippen molar-refractivity contribution in [2.45, 2.75) is 20.3 Å². The fourth-order valence-corrected chi connectivity index (χ4v) is 2.01. The molecule has 1 aliphatic rings. The van der Waals surface area contributed by atoms with E-state index in [-0.39, 0.29) is 6.61 Å². The van der Waals surface area contributed by atoms with Gasteiger partial charge in [-0.3, -0.25) is 14.8 Å². The molecular formula is C15H27N3O. The van der Waals surface area contributed by atoms with E-state index in [9.17, 15) is 0 Å². The summed E-state index contributed by atoms with van der Waals surface area (Å²) in [6, 6.07) is 0. The largest absolute Gasteiger partial charge is 0.395 e. The Labute approximate surface area is 117 Å². The Morgan fingerprint density at radius 2 is 1.89 bits per heavy atom. The van der Waals surface area contributed by atoms with Crippen LogP contribution in [0.4, 0.5) is 0 Å². The minimum atomic E-state index is 0.253. The molecule has 0 spiro atoms. The zero-order chi connectivity index (χ0) is 14.1. The van der Waals surface area contributed by atoms with Crippen LogP contribution < -0.4 is 0 Å². The molecule has 0 atom stereocenters. The van der Waals surface area contributed by atoms with Crippen molar-refractivity contribution in [3.8, 4) is 0 Å². The van der Waals surface area contributed by atoms with Crippen LogP contribution in [0.15, 0.2) is 29.4 Å². The Bertz CT molecular complexity index is 328.